The number of nitro benzene ring substituents is 1. The SMILES string of the molecule is COc1ccc(/C=C(\C)c2cnccn2)cc1[N+](=O)[O-]. The minimum atomic E-state index is -0.464. The molecule has 6 nitrogen and oxygen atoms in total. The Bertz CT molecular complexity index is 654. The zero-order valence-corrected chi connectivity index (χ0v) is 11.1. The Morgan fingerprint density at radius 1 is 1.40 bits per heavy atom. The van der Waals surface area contributed by atoms with Gasteiger partial charge >= 0.3 is 5.69 Å². The second-order valence-corrected chi connectivity index (χ2v) is 4.11. The zero-order valence-electron chi connectivity index (χ0n) is 11.1. The van der Waals surface area contributed by atoms with Crippen LogP contribution in [0.25, 0.3) is 11.6 Å². The van der Waals surface area contributed by atoms with E-state index in [9.17, 15) is 10.1 Å². The van der Waals surface area contributed by atoms with Crippen molar-refractivity contribution in [2.45, 2.75) is 6.92 Å². The van der Waals surface area contributed by atoms with E-state index in [1.807, 2.05) is 13.0 Å². The number of hydrogen-bond donors (Lipinski definition) is 0. The molecule has 0 aliphatic heterocycles. The third-order valence-corrected chi connectivity index (χ3v) is 2.75. The third kappa shape index (κ3) is 2.97. The fourth-order valence-corrected chi connectivity index (χ4v) is 1.77. The van der Waals surface area contributed by atoms with Gasteiger partial charge in [0.05, 0.1) is 23.9 Å². The highest BCUT2D eigenvalue weighted by atomic mass is 16.6. The molecule has 6 heteroatoms. The molecule has 0 radical (unpaired) electrons. The van der Waals surface area contributed by atoms with E-state index in [0.717, 1.165) is 11.3 Å². The highest BCUT2D eigenvalue weighted by molar-refractivity contribution is 5.79. The van der Waals surface area contributed by atoms with Crippen LogP contribution in [0.2, 0.25) is 0 Å². The van der Waals surface area contributed by atoms with Crippen LogP contribution in [0.15, 0.2) is 36.8 Å². The largest absolute Gasteiger partial charge is 0.490 e. The molecule has 0 saturated heterocycles. The maximum atomic E-state index is 11.0. The molecule has 20 heavy (non-hydrogen) atoms. The van der Waals surface area contributed by atoms with Crippen molar-refractivity contribution in [3.8, 4) is 5.75 Å². The van der Waals surface area contributed by atoms with Crippen molar-refractivity contribution in [3.05, 3.63) is 58.2 Å². The topological polar surface area (TPSA) is 78.2 Å². The van der Waals surface area contributed by atoms with Gasteiger partial charge < -0.3 is 4.74 Å². The summed E-state index contributed by atoms with van der Waals surface area (Å²) in [6.07, 6.45) is 6.65. The Morgan fingerprint density at radius 2 is 2.20 bits per heavy atom. The zero-order chi connectivity index (χ0) is 14.5. The summed E-state index contributed by atoms with van der Waals surface area (Å²) < 4.78 is 4.97. The number of hydrogen-bond acceptors (Lipinski definition) is 5. The van der Waals surface area contributed by atoms with Crippen LogP contribution in [0.3, 0.4) is 0 Å². The molecule has 0 bridgehead atoms. The number of nitro groups is 1. The second-order valence-electron chi connectivity index (χ2n) is 4.11. The average Bonchev–Trinajstić information content (AvgIpc) is 2.48. The number of aromatic nitrogens is 2. The normalized spacial score (nSPS) is 11.2. The van der Waals surface area contributed by atoms with E-state index < -0.39 is 4.92 Å². The van der Waals surface area contributed by atoms with Crippen molar-refractivity contribution in [1.82, 2.24) is 9.97 Å². The highest BCUT2D eigenvalue weighted by Crippen LogP contribution is 2.29. The molecular formula is C14H13N3O3. The summed E-state index contributed by atoms with van der Waals surface area (Å²) in [5.41, 5.74) is 2.25. The lowest BCUT2D eigenvalue weighted by molar-refractivity contribution is -0.385. The smallest absolute Gasteiger partial charge is 0.311 e. The summed E-state index contributed by atoms with van der Waals surface area (Å²) in [6.45, 7) is 1.88. The van der Waals surface area contributed by atoms with Crippen LogP contribution in [0, 0.1) is 10.1 Å². The maximum Gasteiger partial charge on any atom is 0.311 e. The van der Waals surface area contributed by atoms with E-state index in [4.69, 9.17) is 4.74 Å². The second kappa shape index (κ2) is 5.92. The van der Waals surface area contributed by atoms with Crippen LogP contribution in [0.4, 0.5) is 5.69 Å². The average molecular weight is 271 g/mol. The van der Waals surface area contributed by atoms with Gasteiger partial charge in [0.15, 0.2) is 5.75 Å². The first-order chi connectivity index (χ1) is 9.61. The molecule has 1 aromatic carbocycles. The quantitative estimate of drug-likeness (QED) is 0.631. The van der Waals surface area contributed by atoms with E-state index in [0.29, 0.717) is 5.56 Å². The fraction of sp³-hybridized carbons (Fsp3) is 0.143. The molecule has 0 atom stereocenters. The maximum absolute atomic E-state index is 11.0. The summed E-state index contributed by atoms with van der Waals surface area (Å²) in [5, 5.41) is 11.0. The first-order valence-corrected chi connectivity index (χ1v) is 5.89. The lowest BCUT2D eigenvalue weighted by Crippen LogP contribution is -1.94. The predicted molar refractivity (Wildman–Crippen MR) is 75.2 cm³/mol. The molecule has 1 heterocycles. The summed E-state index contributed by atoms with van der Waals surface area (Å²) in [6, 6.07) is 4.80. The summed E-state index contributed by atoms with van der Waals surface area (Å²) in [7, 11) is 1.41. The molecule has 102 valence electrons. The van der Waals surface area contributed by atoms with Crippen molar-refractivity contribution < 1.29 is 9.66 Å². The molecule has 1 aromatic heterocycles. The molecule has 0 N–H and O–H groups in total. The minimum absolute atomic E-state index is 0.0619. The molecule has 2 aromatic rings. The summed E-state index contributed by atoms with van der Waals surface area (Å²) >= 11 is 0. The van der Waals surface area contributed by atoms with Gasteiger partial charge in [0.2, 0.25) is 0 Å². The van der Waals surface area contributed by atoms with Crippen molar-refractivity contribution >= 4 is 17.3 Å². The van der Waals surface area contributed by atoms with Crippen molar-refractivity contribution in [2.24, 2.45) is 0 Å². The Hall–Kier alpha value is -2.76. The molecule has 0 saturated carbocycles. The predicted octanol–water partition coefficient (Wildman–Crippen LogP) is 2.95. The van der Waals surface area contributed by atoms with Crippen molar-refractivity contribution in [2.75, 3.05) is 7.11 Å². The van der Waals surface area contributed by atoms with Crippen molar-refractivity contribution in [1.29, 1.82) is 0 Å². The molecule has 0 fully saturated rings. The lowest BCUT2D eigenvalue weighted by Gasteiger charge is -2.03. The Labute approximate surface area is 115 Å². The monoisotopic (exact) mass is 271 g/mol. The molecule has 0 unspecified atom stereocenters. The van der Waals surface area contributed by atoms with E-state index in [1.165, 1.54) is 13.2 Å². The van der Waals surface area contributed by atoms with E-state index in [-0.39, 0.29) is 11.4 Å². The first-order valence-electron chi connectivity index (χ1n) is 5.89. The van der Waals surface area contributed by atoms with Gasteiger partial charge in [-0.15, -0.1) is 0 Å². The molecule has 2 rings (SSSR count). The van der Waals surface area contributed by atoms with Crippen molar-refractivity contribution in [3.63, 3.8) is 0 Å². The summed E-state index contributed by atoms with van der Waals surface area (Å²) in [5.74, 6) is 0.240. The van der Waals surface area contributed by atoms with E-state index in [1.54, 1.807) is 30.7 Å². The van der Waals surface area contributed by atoms with Gasteiger partial charge in [-0.25, -0.2) is 0 Å². The Kier molecular flexibility index (Phi) is 4.05. The van der Waals surface area contributed by atoms with E-state index >= 15 is 0 Å². The number of methoxy groups -OCH3 is 1. The van der Waals surface area contributed by atoms with E-state index in [2.05, 4.69) is 9.97 Å². The van der Waals surface area contributed by atoms with Crippen LogP contribution in [0.1, 0.15) is 18.2 Å². The van der Waals surface area contributed by atoms with Crippen LogP contribution < -0.4 is 4.74 Å². The van der Waals surface area contributed by atoms with Gasteiger partial charge in [-0.1, -0.05) is 6.07 Å². The lowest BCUT2D eigenvalue weighted by atomic mass is 10.1. The van der Waals surface area contributed by atoms with Crippen LogP contribution in [-0.4, -0.2) is 22.0 Å². The summed E-state index contributed by atoms with van der Waals surface area (Å²) in [4.78, 5) is 18.7. The van der Waals surface area contributed by atoms with Gasteiger partial charge in [-0.2, -0.15) is 0 Å². The number of ether oxygens (including phenoxy) is 1. The molecular weight excluding hydrogens is 258 g/mol. The fourth-order valence-electron chi connectivity index (χ4n) is 1.77. The highest BCUT2D eigenvalue weighted by Gasteiger charge is 2.14. The number of allylic oxidation sites excluding steroid dienone is 1. The minimum Gasteiger partial charge on any atom is -0.490 e. The number of benzene rings is 1. The molecule has 0 aliphatic rings. The first kappa shape index (κ1) is 13.7. The number of rotatable bonds is 4. The van der Waals surface area contributed by atoms with Gasteiger partial charge in [-0.05, 0) is 30.2 Å². The number of nitrogens with zero attached hydrogens (tertiary/aromatic N) is 3. The Balaban J connectivity index is 2.39. The van der Waals surface area contributed by atoms with Gasteiger partial charge in [0.25, 0.3) is 0 Å². The van der Waals surface area contributed by atoms with Crippen LogP contribution >= 0.6 is 0 Å². The van der Waals surface area contributed by atoms with Gasteiger partial charge in [0.1, 0.15) is 0 Å². The molecule has 0 spiro atoms. The van der Waals surface area contributed by atoms with Crippen LogP contribution in [-0.2, 0) is 0 Å². The Morgan fingerprint density at radius 3 is 2.80 bits per heavy atom. The molecule has 0 amide bonds. The van der Waals surface area contributed by atoms with Gasteiger partial charge in [-0.3, -0.25) is 20.1 Å². The molecule has 0 aliphatic carbocycles. The standard InChI is InChI=1S/C14H13N3O3/c1-10(12-9-15-5-6-16-12)7-11-3-4-14(20-2)13(8-11)17(18)19/h3-9H,1-2H3/b10-7+. The van der Waals surface area contributed by atoms with Gasteiger partial charge in [0, 0.05) is 18.5 Å². The third-order valence-electron chi connectivity index (χ3n) is 2.75. The van der Waals surface area contributed by atoms with Crippen LogP contribution in [0.5, 0.6) is 5.75 Å².